The van der Waals surface area contributed by atoms with Gasteiger partial charge in [0, 0.05) is 0 Å². The summed E-state index contributed by atoms with van der Waals surface area (Å²) in [6.45, 7) is 9.75. The Hall–Kier alpha value is -0.260. The van der Waals surface area contributed by atoms with E-state index in [9.17, 15) is 0 Å². The molecule has 0 nitrogen and oxygen atoms in total. The van der Waals surface area contributed by atoms with Crippen molar-refractivity contribution in [1.29, 1.82) is 0 Å². The second-order valence-corrected chi connectivity index (χ2v) is 6.65. The third-order valence-corrected chi connectivity index (χ3v) is 5.89. The molecule has 0 N–H and O–H groups in total. The van der Waals surface area contributed by atoms with Crippen molar-refractivity contribution in [3.8, 4) is 0 Å². The van der Waals surface area contributed by atoms with Gasteiger partial charge in [0.05, 0.1) is 0 Å². The summed E-state index contributed by atoms with van der Waals surface area (Å²) in [4.78, 5) is 0. The average molecular weight is 204 g/mol. The minimum absolute atomic E-state index is 0.747. The van der Waals surface area contributed by atoms with Crippen LogP contribution in [0.3, 0.4) is 0 Å². The van der Waals surface area contributed by atoms with Crippen molar-refractivity contribution in [3.05, 3.63) is 11.6 Å². The molecule has 0 aromatic rings. The average Bonchev–Trinajstić information content (AvgIpc) is 2.75. The zero-order valence-electron chi connectivity index (χ0n) is 10.6. The van der Waals surface area contributed by atoms with E-state index in [-0.39, 0.29) is 0 Å². The topological polar surface area (TPSA) is 0 Å². The minimum atomic E-state index is 0.747. The Balaban J connectivity index is 1.91. The van der Waals surface area contributed by atoms with E-state index in [1.807, 2.05) is 0 Å². The van der Waals surface area contributed by atoms with Crippen LogP contribution < -0.4 is 0 Å². The first-order valence-electron chi connectivity index (χ1n) is 6.75. The zero-order valence-corrected chi connectivity index (χ0v) is 10.6. The van der Waals surface area contributed by atoms with Gasteiger partial charge in [-0.3, -0.25) is 0 Å². The van der Waals surface area contributed by atoms with Crippen molar-refractivity contribution in [2.24, 2.45) is 35.0 Å². The maximum Gasteiger partial charge on any atom is -0.0104 e. The summed E-state index contributed by atoms with van der Waals surface area (Å²) in [5.74, 6) is 4.96. The normalized spacial score (nSPS) is 52.5. The van der Waals surface area contributed by atoms with E-state index in [1.54, 1.807) is 5.57 Å². The fraction of sp³-hybridized carbons (Fsp3) is 0.867. The summed E-state index contributed by atoms with van der Waals surface area (Å²) in [5, 5.41) is 0. The number of rotatable bonds is 1. The first kappa shape index (κ1) is 9.93. The predicted molar refractivity (Wildman–Crippen MR) is 64.5 cm³/mol. The van der Waals surface area contributed by atoms with Crippen molar-refractivity contribution >= 4 is 0 Å². The molecule has 0 radical (unpaired) electrons. The van der Waals surface area contributed by atoms with E-state index >= 15 is 0 Å². The molecule has 5 unspecified atom stereocenters. The van der Waals surface area contributed by atoms with Crippen LogP contribution in [0.15, 0.2) is 11.6 Å². The molecule has 84 valence electrons. The summed E-state index contributed by atoms with van der Waals surface area (Å²) >= 11 is 0. The van der Waals surface area contributed by atoms with Gasteiger partial charge in [-0.15, -0.1) is 0 Å². The van der Waals surface area contributed by atoms with Crippen LogP contribution in [0.1, 0.15) is 47.0 Å². The molecule has 5 atom stereocenters. The quantitative estimate of drug-likeness (QED) is 0.559. The molecule has 0 aliphatic heterocycles. The van der Waals surface area contributed by atoms with Gasteiger partial charge in [-0.1, -0.05) is 32.4 Å². The van der Waals surface area contributed by atoms with Gasteiger partial charge < -0.3 is 0 Å². The third kappa shape index (κ3) is 1.04. The van der Waals surface area contributed by atoms with E-state index < -0.39 is 0 Å². The van der Waals surface area contributed by atoms with Gasteiger partial charge in [-0.05, 0) is 61.2 Å². The molecule has 2 saturated carbocycles. The molecular weight excluding hydrogens is 180 g/mol. The lowest BCUT2D eigenvalue weighted by molar-refractivity contribution is 0.149. The lowest BCUT2D eigenvalue weighted by atomic mass is 9.70. The molecule has 0 bridgehead atoms. The van der Waals surface area contributed by atoms with E-state index in [0.29, 0.717) is 0 Å². The molecule has 3 aliphatic carbocycles. The highest BCUT2D eigenvalue weighted by molar-refractivity contribution is 5.35. The highest BCUT2D eigenvalue weighted by Gasteiger charge is 2.71. The van der Waals surface area contributed by atoms with Crippen LogP contribution in [0.5, 0.6) is 0 Å². The minimum Gasteiger partial charge on any atom is -0.0847 e. The van der Waals surface area contributed by atoms with Gasteiger partial charge in [0.2, 0.25) is 0 Å². The number of hydrogen-bond acceptors (Lipinski definition) is 0. The van der Waals surface area contributed by atoms with E-state index in [2.05, 4.69) is 33.8 Å². The van der Waals surface area contributed by atoms with Gasteiger partial charge >= 0.3 is 0 Å². The first-order chi connectivity index (χ1) is 7.09. The third-order valence-electron chi connectivity index (χ3n) is 5.89. The summed E-state index contributed by atoms with van der Waals surface area (Å²) in [6.07, 6.45) is 6.91. The van der Waals surface area contributed by atoms with E-state index in [1.165, 1.54) is 19.3 Å². The lowest BCUT2D eigenvalue weighted by Crippen LogP contribution is -2.27. The first-order valence-corrected chi connectivity index (χ1v) is 6.75. The van der Waals surface area contributed by atoms with Crippen LogP contribution in [-0.4, -0.2) is 0 Å². The Kier molecular flexibility index (Phi) is 1.92. The van der Waals surface area contributed by atoms with Crippen molar-refractivity contribution in [1.82, 2.24) is 0 Å². The van der Waals surface area contributed by atoms with Gasteiger partial charge in [0.25, 0.3) is 0 Å². The van der Waals surface area contributed by atoms with Crippen molar-refractivity contribution < 1.29 is 0 Å². The fourth-order valence-corrected chi connectivity index (χ4v) is 5.05. The van der Waals surface area contributed by atoms with E-state index in [0.717, 1.165) is 35.0 Å². The molecule has 2 fully saturated rings. The summed E-state index contributed by atoms with van der Waals surface area (Å²) in [7, 11) is 0. The molecule has 0 aromatic carbocycles. The molecule has 3 rings (SSSR count). The van der Waals surface area contributed by atoms with Crippen LogP contribution in [0.2, 0.25) is 0 Å². The zero-order chi connectivity index (χ0) is 10.8. The summed E-state index contributed by atoms with van der Waals surface area (Å²) in [6, 6.07) is 0. The molecular formula is C15H24. The van der Waals surface area contributed by atoms with Crippen molar-refractivity contribution in [2.45, 2.75) is 47.0 Å². The number of allylic oxidation sites excluding steroid dienone is 2. The maximum atomic E-state index is 2.53. The van der Waals surface area contributed by atoms with Gasteiger partial charge in [0.1, 0.15) is 0 Å². The Morgan fingerprint density at radius 2 is 2.07 bits per heavy atom. The van der Waals surface area contributed by atoms with Crippen LogP contribution in [-0.2, 0) is 0 Å². The molecule has 15 heavy (non-hydrogen) atoms. The molecule has 0 amide bonds. The molecule has 0 saturated heterocycles. The molecule has 0 heteroatoms. The second-order valence-electron chi connectivity index (χ2n) is 6.65. The van der Waals surface area contributed by atoms with Crippen molar-refractivity contribution in [3.63, 3.8) is 0 Å². The monoisotopic (exact) mass is 204 g/mol. The summed E-state index contributed by atoms with van der Waals surface area (Å²) in [5.41, 5.74) is 2.47. The summed E-state index contributed by atoms with van der Waals surface area (Å²) < 4.78 is 0. The van der Waals surface area contributed by atoms with Gasteiger partial charge in [-0.25, -0.2) is 0 Å². The Morgan fingerprint density at radius 3 is 2.73 bits per heavy atom. The Bertz CT molecular complexity index is 312. The number of fused-ring (bicyclic) bond motifs is 1. The Morgan fingerprint density at radius 1 is 1.33 bits per heavy atom. The van der Waals surface area contributed by atoms with Crippen LogP contribution in [0.4, 0.5) is 0 Å². The largest absolute Gasteiger partial charge is 0.0847 e. The molecule has 0 heterocycles. The van der Waals surface area contributed by atoms with E-state index in [4.69, 9.17) is 0 Å². The van der Waals surface area contributed by atoms with Gasteiger partial charge in [-0.2, -0.15) is 0 Å². The smallest absolute Gasteiger partial charge is 0.0104 e. The fourth-order valence-electron chi connectivity index (χ4n) is 5.05. The van der Waals surface area contributed by atoms with Crippen molar-refractivity contribution in [2.75, 3.05) is 0 Å². The predicted octanol–water partition coefficient (Wildman–Crippen LogP) is 4.27. The Labute approximate surface area is 94.1 Å². The van der Waals surface area contributed by atoms with Gasteiger partial charge in [0.15, 0.2) is 0 Å². The molecule has 0 aromatic heterocycles. The SMILES string of the molecule is CC1=CCC23C(C)CCC(C(C)C)C2C13. The highest BCUT2D eigenvalue weighted by atomic mass is 14.8. The second kappa shape index (κ2) is 2.90. The van der Waals surface area contributed by atoms with Crippen LogP contribution >= 0.6 is 0 Å². The maximum absolute atomic E-state index is 2.53. The van der Waals surface area contributed by atoms with Crippen LogP contribution in [0, 0.1) is 35.0 Å². The highest BCUT2D eigenvalue weighted by Crippen LogP contribution is 2.77. The van der Waals surface area contributed by atoms with Crippen LogP contribution in [0.25, 0.3) is 0 Å². The number of hydrogen-bond donors (Lipinski definition) is 0. The molecule has 3 aliphatic rings. The standard InChI is InChI=1S/C15H24/c1-9(2)12-6-5-11(4)15-8-7-10(3)13(15)14(12)15/h7,9,11-14H,5-6,8H2,1-4H3. The molecule has 1 spiro atoms. The lowest BCUT2D eigenvalue weighted by Gasteiger charge is -2.35.